The standard InChI is InChI=1S/C88H147NO8/c1-6-8-10-12-14-16-18-20-22-24-26-28-30-32-34-36-38-40-42-43-45-47-49-51-53-55-57-59-61-63-65-67-69-71-73-75-77-79-86(91)97-84(83-96-88(87(92)93)94-81-80-89(3,4)5)82-95-85(90)78-76-74-72-70-68-66-64-62-60-58-56-54-52-50-48-46-44-41-39-37-35-33-31-29-27-25-23-21-19-17-15-13-11-9-7-2/h8-11,14-17,20-23,26-29,32-35,38-41,43,45,84,88H,6-7,12-13,18-19,24-25,30-31,36-37,42,44,46-83H2,1-5H3/p+1/b10-8-,11-9-,16-14-,17-15-,22-20-,23-21-,28-26-,29-27-,34-32-,35-33-,40-38-,41-39-,45-43-. The number of unbranched alkanes of at least 4 members (excludes halogenated alkanes) is 31. The van der Waals surface area contributed by atoms with Crippen LogP contribution in [0.4, 0.5) is 0 Å². The van der Waals surface area contributed by atoms with E-state index < -0.39 is 24.3 Å². The molecule has 0 amide bonds. The molecule has 0 aromatic carbocycles. The molecule has 0 saturated heterocycles. The van der Waals surface area contributed by atoms with Crippen LogP contribution < -0.4 is 0 Å². The van der Waals surface area contributed by atoms with Crippen molar-refractivity contribution in [1.29, 1.82) is 0 Å². The third-order valence-electron chi connectivity index (χ3n) is 16.8. The monoisotopic (exact) mass is 1350 g/mol. The van der Waals surface area contributed by atoms with Crippen LogP contribution in [0.1, 0.15) is 322 Å². The fourth-order valence-electron chi connectivity index (χ4n) is 10.8. The molecule has 0 aliphatic rings. The summed E-state index contributed by atoms with van der Waals surface area (Å²) in [5.41, 5.74) is 0. The van der Waals surface area contributed by atoms with E-state index in [1.807, 2.05) is 21.1 Å². The van der Waals surface area contributed by atoms with E-state index in [1.165, 1.54) is 173 Å². The highest BCUT2D eigenvalue weighted by molar-refractivity contribution is 5.71. The lowest BCUT2D eigenvalue weighted by molar-refractivity contribution is -0.870. The molecule has 552 valence electrons. The number of aliphatic carboxylic acids is 1. The van der Waals surface area contributed by atoms with E-state index in [0.29, 0.717) is 23.9 Å². The van der Waals surface area contributed by atoms with Crippen LogP contribution in [0.2, 0.25) is 0 Å². The third-order valence-corrected chi connectivity index (χ3v) is 16.8. The van der Waals surface area contributed by atoms with E-state index in [1.54, 1.807) is 0 Å². The Morgan fingerprint density at radius 1 is 0.309 bits per heavy atom. The zero-order valence-corrected chi connectivity index (χ0v) is 63.2. The van der Waals surface area contributed by atoms with E-state index in [2.05, 4.69) is 172 Å². The topological polar surface area (TPSA) is 108 Å². The Balaban J connectivity index is 4.06. The molecule has 0 bridgehead atoms. The van der Waals surface area contributed by atoms with Gasteiger partial charge in [-0.15, -0.1) is 0 Å². The highest BCUT2D eigenvalue weighted by Crippen LogP contribution is 2.18. The molecule has 0 fully saturated rings. The molecule has 0 rings (SSSR count). The van der Waals surface area contributed by atoms with Gasteiger partial charge in [0.2, 0.25) is 0 Å². The molecule has 9 heteroatoms. The average Bonchev–Trinajstić information content (AvgIpc) is 3.11. The van der Waals surface area contributed by atoms with Crippen LogP contribution >= 0.6 is 0 Å². The summed E-state index contributed by atoms with van der Waals surface area (Å²) < 4.78 is 23.0. The highest BCUT2D eigenvalue weighted by Gasteiger charge is 2.25. The van der Waals surface area contributed by atoms with Gasteiger partial charge in [-0.1, -0.05) is 345 Å². The summed E-state index contributed by atoms with van der Waals surface area (Å²) >= 11 is 0. The second-order valence-corrected chi connectivity index (χ2v) is 27.3. The maximum atomic E-state index is 13.0. The minimum Gasteiger partial charge on any atom is -0.477 e. The van der Waals surface area contributed by atoms with Gasteiger partial charge in [0.25, 0.3) is 6.29 Å². The second-order valence-electron chi connectivity index (χ2n) is 27.3. The quantitative estimate of drug-likeness (QED) is 0.0211. The molecule has 9 nitrogen and oxygen atoms in total. The first-order chi connectivity index (χ1) is 47.6. The first-order valence-electron chi connectivity index (χ1n) is 39.6. The van der Waals surface area contributed by atoms with Gasteiger partial charge in [-0.25, -0.2) is 4.79 Å². The summed E-state index contributed by atoms with van der Waals surface area (Å²) in [5.74, 6) is -2.00. The van der Waals surface area contributed by atoms with Gasteiger partial charge < -0.3 is 28.5 Å². The van der Waals surface area contributed by atoms with E-state index in [9.17, 15) is 19.5 Å². The molecular formula is C88H148NO8+. The Kier molecular flexibility index (Phi) is 72.6. The van der Waals surface area contributed by atoms with Crippen molar-refractivity contribution < 1.29 is 42.9 Å². The maximum Gasteiger partial charge on any atom is 0.361 e. The molecule has 0 saturated carbocycles. The predicted octanol–water partition coefficient (Wildman–Crippen LogP) is 25.6. The van der Waals surface area contributed by atoms with Crippen molar-refractivity contribution in [3.05, 3.63) is 158 Å². The fourth-order valence-corrected chi connectivity index (χ4v) is 10.8. The summed E-state index contributed by atoms with van der Waals surface area (Å²) in [6.45, 7) is 4.67. The number of hydrogen-bond donors (Lipinski definition) is 1. The SMILES string of the molecule is CC/C=C\C/C=C\C/C=C\C/C=C\C/C=C\C/C=C\C/C=C\CCCCCCCCCCCCCCCCCC(=O)OC(COC(=O)CCCCCCCCCCCCCCCCCC/C=C\C/C=C\C/C=C\C/C=C\C/C=C\C/C=C\CC)COC(OCC[N+](C)(C)C)C(=O)O. The van der Waals surface area contributed by atoms with E-state index in [0.717, 1.165) is 116 Å². The highest BCUT2D eigenvalue weighted by atomic mass is 16.7. The van der Waals surface area contributed by atoms with Crippen molar-refractivity contribution in [3.63, 3.8) is 0 Å². The van der Waals surface area contributed by atoms with Crippen LogP contribution in [0.5, 0.6) is 0 Å². The van der Waals surface area contributed by atoms with Crippen LogP contribution in [0.25, 0.3) is 0 Å². The van der Waals surface area contributed by atoms with Gasteiger partial charge in [-0.2, -0.15) is 0 Å². The average molecular weight is 1350 g/mol. The molecule has 2 unspecified atom stereocenters. The van der Waals surface area contributed by atoms with Gasteiger partial charge in [0, 0.05) is 12.8 Å². The number of ether oxygens (including phenoxy) is 4. The van der Waals surface area contributed by atoms with Crippen molar-refractivity contribution in [2.24, 2.45) is 0 Å². The first kappa shape index (κ1) is 91.9. The number of carboxylic acids is 1. The number of nitrogens with zero attached hydrogens (tertiary/aromatic N) is 1. The van der Waals surface area contributed by atoms with Gasteiger partial charge in [-0.05, 0) is 122 Å². The lowest BCUT2D eigenvalue weighted by atomic mass is 10.0. The Labute approximate surface area is 597 Å². The normalized spacial score (nSPS) is 13.5. The molecule has 0 aromatic heterocycles. The van der Waals surface area contributed by atoms with Crippen LogP contribution in [0.15, 0.2) is 158 Å². The zero-order valence-electron chi connectivity index (χ0n) is 63.2. The van der Waals surface area contributed by atoms with Gasteiger partial charge >= 0.3 is 17.9 Å². The number of hydrogen-bond acceptors (Lipinski definition) is 7. The first-order valence-corrected chi connectivity index (χ1v) is 39.6. The molecule has 0 heterocycles. The van der Waals surface area contributed by atoms with Crippen LogP contribution in [0, 0.1) is 0 Å². The number of carbonyl (C=O) groups excluding carboxylic acids is 2. The number of carbonyl (C=O) groups is 3. The summed E-state index contributed by atoms with van der Waals surface area (Å²) in [6.07, 6.45) is 111. The zero-order chi connectivity index (χ0) is 70.4. The summed E-state index contributed by atoms with van der Waals surface area (Å²) in [7, 11) is 5.98. The Morgan fingerprint density at radius 2 is 0.557 bits per heavy atom. The number of quaternary nitrogens is 1. The van der Waals surface area contributed by atoms with Gasteiger partial charge in [-0.3, -0.25) is 9.59 Å². The molecule has 0 aliphatic heterocycles. The molecule has 2 atom stereocenters. The number of carboxylic acid groups (broad SMARTS) is 1. The number of allylic oxidation sites excluding steroid dienone is 26. The van der Waals surface area contributed by atoms with Crippen LogP contribution in [-0.2, 0) is 33.3 Å². The van der Waals surface area contributed by atoms with E-state index >= 15 is 0 Å². The molecule has 0 aromatic rings. The summed E-state index contributed by atoms with van der Waals surface area (Å²) in [5, 5.41) is 9.78. The predicted molar refractivity (Wildman–Crippen MR) is 419 cm³/mol. The summed E-state index contributed by atoms with van der Waals surface area (Å²) in [4.78, 5) is 37.8. The number of rotatable bonds is 72. The molecular weight excluding hydrogens is 1200 g/mol. The Hall–Kier alpha value is -5.09. The Morgan fingerprint density at radius 3 is 0.825 bits per heavy atom. The smallest absolute Gasteiger partial charge is 0.361 e. The van der Waals surface area contributed by atoms with Gasteiger partial charge in [0.1, 0.15) is 13.2 Å². The molecule has 1 N–H and O–H groups in total. The van der Waals surface area contributed by atoms with Crippen molar-refractivity contribution in [2.75, 3.05) is 47.5 Å². The van der Waals surface area contributed by atoms with Crippen LogP contribution in [0.3, 0.4) is 0 Å². The minimum absolute atomic E-state index is 0.183. The minimum atomic E-state index is -1.52. The Bertz CT molecular complexity index is 2160. The van der Waals surface area contributed by atoms with Crippen LogP contribution in [-0.4, -0.2) is 87.4 Å². The number of esters is 2. The largest absolute Gasteiger partial charge is 0.477 e. The van der Waals surface area contributed by atoms with Crippen molar-refractivity contribution >= 4 is 17.9 Å². The second kappa shape index (κ2) is 76.7. The molecule has 0 spiro atoms. The molecule has 0 aliphatic carbocycles. The molecule has 0 radical (unpaired) electrons. The summed E-state index contributed by atoms with van der Waals surface area (Å²) in [6, 6.07) is 0. The molecule has 97 heavy (non-hydrogen) atoms. The maximum absolute atomic E-state index is 13.0. The lowest BCUT2D eigenvalue weighted by Gasteiger charge is -2.25. The van der Waals surface area contributed by atoms with Gasteiger partial charge in [0.05, 0.1) is 34.4 Å². The van der Waals surface area contributed by atoms with E-state index in [-0.39, 0.29) is 32.2 Å². The lowest BCUT2D eigenvalue weighted by Crippen LogP contribution is -2.40. The van der Waals surface area contributed by atoms with Crippen molar-refractivity contribution in [2.45, 2.75) is 334 Å². The van der Waals surface area contributed by atoms with E-state index in [4.69, 9.17) is 18.9 Å². The third kappa shape index (κ3) is 78.1. The van der Waals surface area contributed by atoms with Crippen molar-refractivity contribution in [1.82, 2.24) is 0 Å². The fraction of sp³-hybridized carbons (Fsp3) is 0.670. The number of likely N-dealkylation sites (N-methyl/N-ethyl adjacent to an activating group) is 1. The van der Waals surface area contributed by atoms with Gasteiger partial charge in [0.15, 0.2) is 6.10 Å². The van der Waals surface area contributed by atoms with Crippen molar-refractivity contribution in [3.8, 4) is 0 Å².